The van der Waals surface area contributed by atoms with Crippen LogP contribution >= 0.6 is 0 Å². The number of rotatable bonds is 21. The van der Waals surface area contributed by atoms with Gasteiger partial charge in [-0.2, -0.15) is 0 Å². The first-order valence-corrected chi connectivity index (χ1v) is 15.1. The van der Waals surface area contributed by atoms with Gasteiger partial charge in [0.05, 0.1) is 26.7 Å². The second kappa shape index (κ2) is 20.2. The van der Waals surface area contributed by atoms with E-state index < -0.39 is 8.80 Å². The highest BCUT2D eigenvalue weighted by Gasteiger charge is 2.40. The van der Waals surface area contributed by atoms with Crippen molar-refractivity contribution < 1.29 is 17.8 Å². The Morgan fingerprint density at radius 1 is 0.581 bits per heavy atom. The maximum atomic E-state index is 6.15. The molecule has 5 heteroatoms. The monoisotopic (exact) mass is 456 g/mol. The maximum absolute atomic E-state index is 6.15. The van der Waals surface area contributed by atoms with Crippen molar-refractivity contribution in [3.63, 3.8) is 0 Å². The van der Waals surface area contributed by atoms with Crippen LogP contribution in [0, 0.1) is 12.0 Å². The average Bonchev–Trinajstić information content (AvgIpc) is 2.75. The molecular weight excluding hydrogens is 402 g/mol. The minimum Gasteiger partial charge on any atom is -0.373 e. The second-order valence-electron chi connectivity index (χ2n) is 9.28. The average molecular weight is 457 g/mol. The van der Waals surface area contributed by atoms with Crippen molar-refractivity contribution in [2.75, 3.05) is 40.5 Å². The minimum atomic E-state index is -2.71. The molecule has 0 saturated carbocycles. The predicted octanol–water partition coefficient (Wildman–Crippen LogP) is 7.16. The number of nitrogens with zero attached hydrogens (tertiary/aromatic N) is 1. The Balaban J connectivity index is 4.40. The summed E-state index contributed by atoms with van der Waals surface area (Å²) >= 11 is 0. The first-order chi connectivity index (χ1) is 14.9. The third-order valence-electron chi connectivity index (χ3n) is 5.34. The molecule has 4 nitrogen and oxygen atoms in total. The Hall–Kier alpha value is -0.383. The summed E-state index contributed by atoms with van der Waals surface area (Å²) in [6.45, 7) is 11.8. The van der Waals surface area contributed by atoms with Gasteiger partial charge in [0.1, 0.15) is 6.04 Å². The van der Waals surface area contributed by atoms with Gasteiger partial charge in [0.2, 0.25) is 0 Å². The minimum absolute atomic E-state index is 0.590. The summed E-state index contributed by atoms with van der Waals surface area (Å²) in [4.78, 5) is 0. The van der Waals surface area contributed by atoms with E-state index in [1.807, 2.05) is 0 Å². The van der Waals surface area contributed by atoms with E-state index in [1.165, 1.54) is 64.2 Å². The van der Waals surface area contributed by atoms with Gasteiger partial charge in [0.25, 0.3) is 0 Å². The molecule has 0 fully saturated rings. The van der Waals surface area contributed by atoms with Crippen LogP contribution in [0.25, 0.3) is 0 Å². The fourth-order valence-corrected chi connectivity index (χ4v) is 5.86. The Labute approximate surface area is 196 Å². The zero-order valence-electron chi connectivity index (χ0n) is 21.9. The zero-order valence-corrected chi connectivity index (χ0v) is 22.9. The van der Waals surface area contributed by atoms with Gasteiger partial charge in [-0.3, -0.25) is 4.48 Å². The van der Waals surface area contributed by atoms with Crippen molar-refractivity contribution in [3.8, 4) is 12.0 Å². The molecular formula is C26H54NO3Si+. The Bertz CT molecular complexity index is 438. The van der Waals surface area contributed by atoms with E-state index in [9.17, 15) is 0 Å². The van der Waals surface area contributed by atoms with Crippen molar-refractivity contribution in [2.24, 2.45) is 0 Å². The molecule has 0 aromatic heterocycles. The zero-order chi connectivity index (χ0) is 23.3. The number of hydrogen-bond donors (Lipinski definition) is 0. The first-order valence-electron chi connectivity index (χ1n) is 13.2. The lowest BCUT2D eigenvalue weighted by Gasteiger charge is -2.28. The van der Waals surface area contributed by atoms with Crippen molar-refractivity contribution in [3.05, 3.63) is 0 Å². The van der Waals surface area contributed by atoms with E-state index in [-0.39, 0.29) is 0 Å². The first kappa shape index (κ1) is 30.6. The highest BCUT2D eigenvalue weighted by molar-refractivity contribution is 6.61. The summed E-state index contributed by atoms with van der Waals surface area (Å²) < 4.78 is 19.2. The van der Waals surface area contributed by atoms with Crippen LogP contribution in [0.2, 0.25) is 6.04 Å². The molecule has 0 rings (SSSR count). The van der Waals surface area contributed by atoms with Gasteiger partial charge >= 0.3 is 8.80 Å². The molecule has 0 heterocycles. The molecule has 0 aromatic carbocycles. The molecule has 0 aliphatic rings. The van der Waals surface area contributed by atoms with Crippen LogP contribution in [0.4, 0.5) is 0 Å². The number of unbranched alkanes of at least 4 members (excludes halogenated alkanes) is 9. The van der Waals surface area contributed by atoms with Gasteiger partial charge in [-0.05, 0) is 38.0 Å². The lowest BCUT2D eigenvalue weighted by atomic mass is 10.1. The van der Waals surface area contributed by atoms with Crippen LogP contribution in [0.15, 0.2) is 0 Å². The fraction of sp³-hybridized carbons (Fsp3) is 0.923. The normalized spacial score (nSPS) is 12.1. The van der Waals surface area contributed by atoms with E-state index in [0.29, 0.717) is 25.9 Å². The molecule has 0 aliphatic heterocycles. The number of quaternary nitrogens is 1. The van der Waals surface area contributed by atoms with Gasteiger partial charge in [-0.15, -0.1) is 0 Å². The van der Waals surface area contributed by atoms with Crippen LogP contribution in [0.5, 0.6) is 0 Å². The Kier molecular flexibility index (Phi) is 20.0. The standard InChI is InChI=1S/C26H54NO3Si/c1-7-11-12-13-14-15-16-17-18-19-21-27(5,6)22-20-26-31(28-23-8-2,29-24-9-3)30-25-10-4/h7-19,21,23-26H2,1-6H3/q+1. The van der Waals surface area contributed by atoms with E-state index in [2.05, 4.69) is 53.8 Å². The molecule has 0 saturated heterocycles. The second-order valence-corrected chi connectivity index (χ2v) is 11.9. The highest BCUT2D eigenvalue weighted by Crippen LogP contribution is 2.17. The number of hydrogen-bond acceptors (Lipinski definition) is 3. The van der Waals surface area contributed by atoms with E-state index >= 15 is 0 Å². The molecule has 0 amide bonds. The van der Waals surface area contributed by atoms with E-state index in [1.54, 1.807) is 0 Å². The van der Waals surface area contributed by atoms with Gasteiger partial charge in [-0.1, -0.05) is 79.1 Å². The topological polar surface area (TPSA) is 27.7 Å². The van der Waals surface area contributed by atoms with Crippen molar-refractivity contribution in [1.29, 1.82) is 0 Å². The molecule has 0 atom stereocenters. The van der Waals surface area contributed by atoms with Gasteiger partial charge in [-0.25, -0.2) is 0 Å². The van der Waals surface area contributed by atoms with Crippen molar-refractivity contribution >= 4 is 8.80 Å². The molecule has 0 N–H and O–H groups in total. The third kappa shape index (κ3) is 17.8. The van der Waals surface area contributed by atoms with Crippen molar-refractivity contribution in [2.45, 2.75) is 117 Å². The molecule has 0 unspecified atom stereocenters. The largest absolute Gasteiger partial charge is 0.513 e. The van der Waals surface area contributed by atoms with Gasteiger partial charge in [0.15, 0.2) is 0 Å². The summed E-state index contributed by atoms with van der Waals surface area (Å²) in [5.74, 6) is 3.39. The molecule has 0 bridgehead atoms. The molecule has 0 aliphatic carbocycles. The molecule has 0 aromatic rings. The van der Waals surface area contributed by atoms with Crippen LogP contribution < -0.4 is 0 Å². The maximum Gasteiger partial charge on any atom is 0.513 e. The molecule has 184 valence electrons. The summed E-state index contributed by atoms with van der Waals surface area (Å²) in [6, 6.07) is 4.05. The lowest BCUT2D eigenvalue weighted by molar-refractivity contribution is -0.822. The van der Waals surface area contributed by atoms with Crippen molar-refractivity contribution in [1.82, 2.24) is 0 Å². The SMILES string of the molecule is CCCCCCCCCCCC[N+](C)(C)C#CC[Si](OCCC)(OCCC)OCCC. The summed E-state index contributed by atoms with van der Waals surface area (Å²) in [5, 5.41) is 0. The smallest absolute Gasteiger partial charge is 0.373 e. The third-order valence-corrected chi connectivity index (χ3v) is 7.88. The van der Waals surface area contributed by atoms with Crippen LogP contribution in [-0.2, 0) is 13.3 Å². The van der Waals surface area contributed by atoms with E-state index in [4.69, 9.17) is 13.3 Å². The molecule has 0 radical (unpaired) electrons. The Morgan fingerprint density at radius 3 is 1.42 bits per heavy atom. The Morgan fingerprint density at radius 2 is 1.00 bits per heavy atom. The van der Waals surface area contributed by atoms with Gasteiger partial charge in [0, 0.05) is 19.8 Å². The van der Waals surface area contributed by atoms with E-state index in [0.717, 1.165) is 30.3 Å². The van der Waals surface area contributed by atoms with Crippen LogP contribution in [0.1, 0.15) is 111 Å². The summed E-state index contributed by atoms with van der Waals surface area (Å²) in [6.07, 6.45) is 16.6. The summed E-state index contributed by atoms with van der Waals surface area (Å²) in [7, 11) is 1.70. The fourth-order valence-electron chi connectivity index (χ4n) is 3.46. The lowest BCUT2D eigenvalue weighted by Crippen LogP contribution is -2.46. The molecule has 31 heavy (non-hydrogen) atoms. The van der Waals surface area contributed by atoms with Crippen LogP contribution in [-0.4, -0.2) is 53.7 Å². The molecule has 0 spiro atoms. The quantitative estimate of drug-likeness (QED) is 0.0793. The predicted molar refractivity (Wildman–Crippen MR) is 136 cm³/mol. The van der Waals surface area contributed by atoms with Gasteiger partial charge < -0.3 is 13.3 Å². The highest BCUT2D eigenvalue weighted by atomic mass is 28.4. The summed E-state index contributed by atoms with van der Waals surface area (Å²) in [5.41, 5.74) is 0. The van der Waals surface area contributed by atoms with Crippen LogP contribution in [0.3, 0.4) is 0 Å².